The summed E-state index contributed by atoms with van der Waals surface area (Å²) in [6.45, 7) is 1.30. The van der Waals surface area contributed by atoms with Gasteiger partial charge in [-0.25, -0.2) is 0 Å². The molecular weight excluding hydrogens is 256 g/mol. The highest BCUT2D eigenvalue weighted by Crippen LogP contribution is 2.35. The zero-order valence-electron chi connectivity index (χ0n) is 10.4. The molecule has 1 saturated heterocycles. The van der Waals surface area contributed by atoms with Crippen LogP contribution in [0.1, 0.15) is 38.5 Å². The number of ether oxygens (including phenoxy) is 2. The van der Waals surface area contributed by atoms with Crippen molar-refractivity contribution in [3.05, 3.63) is 0 Å². The molecule has 0 aromatic rings. The van der Waals surface area contributed by atoms with Crippen molar-refractivity contribution in [1.29, 1.82) is 0 Å². The largest absolute Gasteiger partial charge is 0.348 e. The van der Waals surface area contributed by atoms with Gasteiger partial charge in [0.15, 0.2) is 5.79 Å². The van der Waals surface area contributed by atoms with E-state index in [1.807, 2.05) is 0 Å². The molecule has 2 aliphatic carbocycles. The van der Waals surface area contributed by atoms with Crippen LogP contribution in [0.25, 0.3) is 0 Å². The zero-order chi connectivity index (χ0) is 12.6. The van der Waals surface area contributed by atoms with Crippen molar-refractivity contribution >= 4 is 10.2 Å². The summed E-state index contributed by atoms with van der Waals surface area (Å²) in [7, 11) is -3.33. The molecule has 18 heavy (non-hydrogen) atoms. The Morgan fingerprint density at radius 1 is 0.889 bits per heavy atom. The first-order valence-electron chi connectivity index (χ1n) is 6.64. The maximum atomic E-state index is 11.8. The van der Waals surface area contributed by atoms with Crippen molar-refractivity contribution in [3.8, 4) is 0 Å². The standard InChI is InChI=1S/C11H20N2O4S/c14-18(15,12-9-1-2-9)13-10-3-5-11(6-4-10)16-7-8-17-11/h9-10,12-13H,1-8H2. The lowest BCUT2D eigenvalue weighted by molar-refractivity contribution is -0.178. The van der Waals surface area contributed by atoms with Crippen LogP contribution < -0.4 is 9.44 Å². The van der Waals surface area contributed by atoms with Gasteiger partial charge < -0.3 is 9.47 Å². The molecule has 0 bridgehead atoms. The summed E-state index contributed by atoms with van der Waals surface area (Å²) < 4.78 is 40.2. The fourth-order valence-electron chi connectivity index (χ4n) is 2.64. The van der Waals surface area contributed by atoms with Crippen LogP contribution in [0.15, 0.2) is 0 Å². The van der Waals surface area contributed by atoms with E-state index in [9.17, 15) is 8.42 Å². The lowest BCUT2D eigenvalue weighted by Crippen LogP contribution is -2.47. The van der Waals surface area contributed by atoms with Crippen LogP contribution >= 0.6 is 0 Å². The highest BCUT2D eigenvalue weighted by Gasteiger charge is 2.41. The van der Waals surface area contributed by atoms with Crippen molar-refractivity contribution < 1.29 is 17.9 Å². The Morgan fingerprint density at radius 3 is 1.89 bits per heavy atom. The Balaban J connectivity index is 1.50. The Bertz CT molecular complexity index is 391. The molecule has 0 atom stereocenters. The summed E-state index contributed by atoms with van der Waals surface area (Å²) in [5.41, 5.74) is 0. The van der Waals surface area contributed by atoms with E-state index in [1.165, 1.54) is 0 Å². The summed E-state index contributed by atoms with van der Waals surface area (Å²) in [4.78, 5) is 0. The highest BCUT2D eigenvalue weighted by molar-refractivity contribution is 7.87. The molecule has 0 aromatic heterocycles. The van der Waals surface area contributed by atoms with Crippen molar-refractivity contribution in [2.24, 2.45) is 0 Å². The fraction of sp³-hybridized carbons (Fsp3) is 1.00. The highest BCUT2D eigenvalue weighted by atomic mass is 32.2. The summed E-state index contributed by atoms with van der Waals surface area (Å²) in [6, 6.07) is 0.151. The Kier molecular flexibility index (Phi) is 3.36. The molecule has 0 aromatic carbocycles. The van der Waals surface area contributed by atoms with Crippen LogP contribution in [0, 0.1) is 0 Å². The molecule has 1 spiro atoms. The molecule has 2 N–H and O–H groups in total. The summed E-state index contributed by atoms with van der Waals surface area (Å²) in [6.07, 6.45) is 4.98. The van der Waals surface area contributed by atoms with Crippen molar-refractivity contribution in [1.82, 2.24) is 9.44 Å². The summed E-state index contributed by atoms with van der Waals surface area (Å²) >= 11 is 0. The SMILES string of the molecule is O=S(=O)(NC1CC1)NC1CCC2(CC1)OCCO2. The van der Waals surface area contributed by atoms with Gasteiger partial charge in [-0.1, -0.05) is 0 Å². The predicted octanol–water partition coefficient (Wildman–Crippen LogP) is 0.258. The predicted molar refractivity (Wildman–Crippen MR) is 65.1 cm³/mol. The maximum absolute atomic E-state index is 11.8. The monoisotopic (exact) mass is 276 g/mol. The quantitative estimate of drug-likeness (QED) is 0.772. The lowest BCUT2D eigenvalue weighted by Gasteiger charge is -2.35. The van der Waals surface area contributed by atoms with Gasteiger partial charge >= 0.3 is 0 Å². The lowest BCUT2D eigenvalue weighted by atomic mass is 9.91. The summed E-state index contributed by atoms with van der Waals surface area (Å²) in [5, 5.41) is 0. The van der Waals surface area contributed by atoms with Gasteiger partial charge in [-0.3, -0.25) is 0 Å². The minimum Gasteiger partial charge on any atom is -0.348 e. The third-order valence-corrected chi connectivity index (χ3v) is 5.07. The molecule has 3 fully saturated rings. The Hall–Kier alpha value is -0.210. The van der Waals surface area contributed by atoms with Crippen LogP contribution in [0.4, 0.5) is 0 Å². The molecule has 104 valence electrons. The van der Waals surface area contributed by atoms with Crippen LogP contribution in [0.5, 0.6) is 0 Å². The first-order chi connectivity index (χ1) is 8.57. The van der Waals surface area contributed by atoms with Crippen LogP contribution in [-0.4, -0.2) is 39.5 Å². The number of hydrogen-bond donors (Lipinski definition) is 2. The molecule has 1 aliphatic heterocycles. The Labute approximate surface area is 108 Å². The molecule has 0 radical (unpaired) electrons. The third-order valence-electron chi connectivity index (χ3n) is 3.78. The van der Waals surface area contributed by atoms with E-state index < -0.39 is 16.0 Å². The van der Waals surface area contributed by atoms with Crippen LogP contribution in [0.3, 0.4) is 0 Å². The molecular formula is C11H20N2O4S. The van der Waals surface area contributed by atoms with Gasteiger partial charge in [0.05, 0.1) is 13.2 Å². The van der Waals surface area contributed by atoms with Gasteiger partial charge in [-0.15, -0.1) is 0 Å². The average Bonchev–Trinajstić information content (AvgIpc) is 3.00. The second-order valence-corrected chi connectivity index (χ2v) is 6.87. The number of nitrogens with one attached hydrogen (secondary N) is 2. The van der Waals surface area contributed by atoms with E-state index in [1.54, 1.807) is 0 Å². The first kappa shape index (κ1) is 12.8. The van der Waals surface area contributed by atoms with Gasteiger partial charge in [-0.2, -0.15) is 17.9 Å². The third kappa shape index (κ3) is 3.03. The summed E-state index contributed by atoms with van der Waals surface area (Å²) in [5.74, 6) is -0.425. The second-order valence-electron chi connectivity index (χ2n) is 5.40. The van der Waals surface area contributed by atoms with Crippen LogP contribution in [0.2, 0.25) is 0 Å². The number of hydrogen-bond acceptors (Lipinski definition) is 4. The second kappa shape index (κ2) is 4.72. The molecule has 7 heteroatoms. The van der Waals surface area contributed by atoms with Gasteiger partial charge in [0.1, 0.15) is 0 Å². The van der Waals surface area contributed by atoms with Crippen molar-refractivity contribution in [2.45, 2.75) is 56.4 Å². The van der Waals surface area contributed by atoms with E-state index in [2.05, 4.69) is 9.44 Å². The normalized spacial score (nSPS) is 28.9. The number of rotatable bonds is 4. The molecule has 6 nitrogen and oxygen atoms in total. The Morgan fingerprint density at radius 2 is 1.39 bits per heavy atom. The van der Waals surface area contributed by atoms with E-state index in [4.69, 9.17) is 9.47 Å². The van der Waals surface area contributed by atoms with Gasteiger partial charge in [0.2, 0.25) is 0 Å². The van der Waals surface area contributed by atoms with E-state index in [0.29, 0.717) is 13.2 Å². The van der Waals surface area contributed by atoms with E-state index in [-0.39, 0.29) is 12.1 Å². The van der Waals surface area contributed by atoms with E-state index >= 15 is 0 Å². The maximum Gasteiger partial charge on any atom is 0.277 e. The molecule has 3 rings (SSSR count). The smallest absolute Gasteiger partial charge is 0.277 e. The topological polar surface area (TPSA) is 76.7 Å². The molecule has 0 amide bonds. The van der Waals surface area contributed by atoms with Gasteiger partial charge in [0.25, 0.3) is 10.2 Å². The minimum atomic E-state index is -3.33. The first-order valence-corrected chi connectivity index (χ1v) is 8.13. The average molecular weight is 276 g/mol. The zero-order valence-corrected chi connectivity index (χ0v) is 11.2. The minimum absolute atomic E-state index is 0.000301. The van der Waals surface area contributed by atoms with E-state index in [0.717, 1.165) is 38.5 Å². The molecule has 2 saturated carbocycles. The van der Waals surface area contributed by atoms with Gasteiger partial charge in [-0.05, 0) is 25.7 Å². The molecule has 3 aliphatic rings. The van der Waals surface area contributed by atoms with Gasteiger partial charge in [0, 0.05) is 24.9 Å². The molecule has 0 unspecified atom stereocenters. The molecule has 1 heterocycles. The van der Waals surface area contributed by atoms with Crippen molar-refractivity contribution in [2.75, 3.05) is 13.2 Å². The van der Waals surface area contributed by atoms with Crippen molar-refractivity contribution in [3.63, 3.8) is 0 Å². The fourth-order valence-corrected chi connectivity index (χ4v) is 4.05. The van der Waals surface area contributed by atoms with Crippen LogP contribution in [-0.2, 0) is 19.7 Å².